The predicted octanol–water partition coefficient (Wildman–Crippen LogP) is -0.477. The number of nitrogens with two attached hydrogens (primary N) is 1. The summed E-state index contributed by atoms with van der Waals surface area (Å²) < 4.78 is 16.7. The summed E-state index contributed by atoms with van der Waals surface area (Å²) in [6.45, 7) is 0.923. The summed E-state index contributed by atoms with van der Waals surface area (Å²) in [6.07, 6.45) is -0.934. The second-order valence-corrected chi connectivity index (χ2v) is 5.83. The fourth-order valence-corrected chi connectivity index (χ4v) is 2.92. The van der Waals surface area contributed by atoms with Crippen LogP contribution in [0.15, 0.2) is 30.3 Å². The molecule has 1 aromatic rings. The SMILES string of the molecule is NC(=O)COC1COC2C(NC(=O)NCc3ccccc3)COC12. The van der Waals surface area contributed by atoms with Crippen molar-refractivity contribution in [2.45, 2.75) is 30.9 Å². The van der Waals surface area contributed by atoms with Gasteiger partial charge in [0.25, 0.3) is 0 Å². The number of carbonyl (C=O) groups excluding carboxylic acids is 2. The fraction of sp³-hybridized carbons (Fsp3) is 0.500. The Labute approximate surface area is 139 Å². The average molecular weight is 335 g/mol. The van der Waals surface area contributed by atoms with Crippen LogP contribution in [0.2, 0.25) is 0 Å². The topological polar surface area (TPSA) is 112 Å². The molecule has 8 nitrogen and oxygen atoms in total. The first kappa shape index (κ1) is 16.7. The monoisotopic (exact) mass is 335 g/mol. The van der Waals surface area contributed by atoms with Crippen molar-refractivity contribution in [3.8, 4) is 0 Å². The van der Waals surface area contributed by atoms with Crippen LogP contribution in [0.25, 0.3) is 0 Å². The van der Waals surface area contributed by atoms with Crippen LogP contribution in [0, 0.1) is 0 Å². The molecule has 2 aliphatic heterocycles. The standard InChI is InChI=1S/C16H21N3O5/c17-13(20)9-22-12-8-24-14-11(7-23-15(12)14)19-16(21)18-6-10-4-2-1-3-5-10/h1-5,11-12,14-15H,6-9H2,(H2,17,20)(H2,18,19,21). The summed E-state index contributed by atoms with van der Waals surface area (Å²) in [7, 11) is 0. The van der Waals surface area contributed by atoms with Gasteiger partial charge in [-0.25, -0.2) is 4.79 Å². The maximum Gasteiger partial charge on any atom is 0.315 e. The molecule has 130 valence electrons. The highest BCUT2D eigenvalue weighted by Gasteiger charge is 2.48. The van der Waals surface area contributed by atoms with E-state index in [1.54, 1.807) is 0 Å². The number of ether oxygens (including phenoxy) is 3. The Morgan fingerprint density at radius 1 is 1.17 bits per heavy atom. The molecule has 0 bridgehead atoms. The van der Waals surface area contributed by atoms with Gasteiger partial charge in [0.05, 0.1) is 19.3 Å². The first-order chi connectivity index (χ1) is 11.6. The van der Waals surface area contributed by atoms with E-state index in [4.69, 9.17) is 19.9 Å². The van der Waals surface area contributed by atoms with Crippen LogP contribution in [0.1, 0.15) is 5.56 Å². The normalized spacial score (nSPS) is 28.3. The van der Waals surface area contributed by atoms with Crippen LogP contribution in [-0.2, 0) is 25.5 Å². The number of primary amides is 1. The quantitative estimate of drug-likeness (QED) is 0.650. The highest BCUT2D eigenvalue weighted by atomic mass is 16.6. The molecule has 1 aromatic carbocycles. The molecule has 24 heavy (non-hydrogen) atoms. The van der Waals surface area contributed by atoms with Gasteiger partial charge < -0.3 is 30.6 Å². The van der Waals surface area contributed by atoms with Crippen molar-refractivity contribution >= 4 is 11.9 Å². The summed E-state index contributed by atoms with van der Waals surface area (Å²) in [4.78, 5) is 22.8. The van der Waals surface area contributed by atoms with Gasteiger partial charge >= 0.3 is 6.03 Å². The first-order valence-electron chi connectivity index (χ1n) is 7.85. The van der Waals surface area contributed by atoms with Gasteiger partial charge in [-0.1, -0.05) is 30.3 Å². The third kappa shape index (κ3) is 4.02. The summed E-state index contributed by atoms with van der Waals surface area (Å²) in [5, 5.41) is 5.66. The molecule has 0 saturated carbocycles. The Morgan fingerprint density at radius 2 is 1.92 bits per heavy atom. The molecule has 4 unspecified atom stereocenters. The Kier molecular flexibility index (Phi) is 5.29. The number of amides is 3. The maximum atomic E-state index is 12.0. The molecule has 4 atom stereocenters. The minimum atomic E-state index is -0.536. The summed E-state index contributed by atoms with van der Waals surface area (Å²) >= 11 is 0. The van der Waals surface area contributed by atoms with Gasteiger partial charge in [-0.15, -0.1) is 0 Å². The van der Waals surface area contributed by atoms with Crippen LogP contribution >= 0.6 is 0 Å². The van der Waals surface area contributed by atoms with E-state index >= 15 is 0 Å². The van der Waals surface area contributed by atoms with Gasteiger partial charge in [0.2, 0.25) is 5.91 Å². The van der Waals surface area contributed by atoms with E-state index in [-0.39, 0.29) is 37.0 Å². The molecule has 8 heteroatoms. The zero-order chi connectivity index (χ0) is 16.9. The number of nitrogens with one attached hydrogen (secondary N) is 2. The molecule has 0 aromatic heterocycles. The number of hydrogen-bond acceptors (Lipinski definition) is 5. The van der Waals surface area contributed by atoms with E-state index in [0.717, 1.165) is 5.56 Å². The van der Waals surface area contributed by atoms with Crippen LogP contribution in [0.4, 0.5) is 4.79 Å². The van der Waals surface area contributed by atoms with Crippen LogP contribution in [0.5, 0.6) is 0 Å². The van der Waals surface area contributed by atoms with Gasteiger partial charge in [0.1, 0.15) is 24.9 Å². The number of rotatable bonds is 6. The lowest BCUT2D eigenvalue weighted by atomic mass is 10.1. The van der Waals surface area contributed by atoms with Gasteiger partial charge in [0.15, 0.2) is 0 Å². The summed E-state index contributed by atoms with van der Waals surface area (Å²) in [5.74, 6) is -0.536. The zero-order valence-corrected chi connectivity index (χ0v) is 13.1. The molecular weight excluding hydrogens is 314 g/mol. The van der Waals surface area contributed by atoms with Crippen molar-refractivity contribution in [1.82, 2.24) is 10.6 Å². The third-order valence-corrected chi connectivity index (χ3v) is 4.06. The molecule has 2 saturated heterocycles. The third-order valence-electron chi connectivity index (χ3n) is 4.06. The largest absolute Gasteiger partial charge is 0.370 e. The second-order valence-electron chi connectivity index (χ2n) is 5.83. The molecule has 0 aliphatic carbocycles. The summed E-state index contributed by atoms with van der Waals surface area (Å²) in [6, 6.07) is 9.11. The van der Waals surface area contributed by atoms with Gasteiger partial charge in [0, 0.05) is 6.54 Å². The number of hydrogen-bond donors (Lipinski definition) is 3. The molecule has 0 radical (unpaired) electrons. The number of fused-ring (bicyclic) bond motifs is 1. The smallest absolute Gasteiger partial charge is 0.315 e. The van der Waals surface area contributed by atoms with Crippen molar-refractivity contribution in [2.24, 2.45) is 5.73 Å². The number of urea groups is 1. The van der Waals surface area contributed by atoms with E-state index in [2.05, 4.69) is 10.6 Å². The molecule has 2 fully saturated rings. The lowest BCUT2D eigenvalue weighted by Crippen LogP contribution is -2.48. The van der Waals surface area contributed by atoms with Gasteiger partial charge in [-0.05, 0) is 5.56 Å². The van der Waals surface area contributed by atoms with Crippen molar-refractivity contribution in [1.29, 1.82) is 0 Å². The van der Waals surface area contributed by atoms with Crippen molar-refractivity contribution in [3.63, 3.8) is 0 Å². The zero-order valence-electron chi connectivity index (χ0n) is 13.1. The predicted molar refractivity (Wildman–Crippen MR) is 84.0 cm³/mol. The molecular formula is C16H21N3O5. The maximum absolute atomic E-state index is 12.0. The van der Waals surface area contributed by atoms with Crippen LogP contribution < -0.4 is 16.4 Å². The van der Waals surface area contributed by atoms with E-state index in [1.807, 2.05) is 30.3 Å². The fourth-order valence-electron chi connectivity index (χ4n) is 2.92. The Morgan fingerprint density at radius 3 is 2.67 bits per heavy atom. The number of benzene rings is 1. The van der Waals surface area contributed by atoms with Gasteiger partial charge in [-0.2, -0.15) is 0 Å². The van der Waals surface area contributed by atoms with Crippen molar-refractivity contribution in [2.75, 3.05) is 19.8 Å². The minimum absolute atomic E-state index is 0.170. The van der Waals surface area contributed by atoms with Crippen molar-refractivity contribution < 1.29 is 23.8 Å². The molecule has 3 amide bonds. The Hall–Kier alpha value is -2.16. The molecule has 2 aliphatic rings. The molecule has 0 spiro atoms. The van der Waals surface area contributed by atoms with Gasteiger partial charge in [-0.3, -0.25) is 4.79 Å². The van der Waals surface area contributed by atoms with E-state index < -0.39 is 5.91 Å². The highest BCUT2D eigenvalue weighted by molar-refractivity contribution is 5.75. The van der Waals surface area contributed by atoms with Crippen LogP contribution in [-0.4, -0.2) is 56.1 Å². The molecule has 2 heterocycles. The highest BCUT2D eigenvalue weighted by Crippen LogP contribution is 2.28. The van der Waals surface area contributed by atoms with E-state index in [1.165, 1.54) is 0 Å². The second kappa shape index (κ2) is 7.61. The lowest BCUT2D eigenvalue weighted by Gasteiger charge is -2.18. The van der Waals surface area contributed by atoms with Crippen molar-refractivity contribution in [3.05, 3.63) is 35.9 Å². The molecule has 3 rings (SSSR count). The van der Waals surface area contributed by atoms with Crippen LogP contribution in [0.3, 0.4) is 0 Å². The van der Waals surface area contributed by atoms with E-state index in [0.29, 0.717) is 19.8 Å². The average Bonchev–Trinajstić information content (AvgIpc) is 3.15. The molecule has 4 N–H and O–H groups in total. The minimum Gasteiger partial charge on any atom is -0.370 e. The Bertz CT molecular complexity index is 582. The van der Waals surface area contributed by atoms with E-state index in [9.17, 15) is 9.59 Å². The Balaban J connectivity index is 1.45. The first-order valence-corrected chi connectivity index (χ1v) is 7.85. The summed E-state index contributed by atoms with van der Waals surface area (Å²) in [5.41, 5.74) is 6.09. The lowest BCUT2D eigenvalue weighted by molar-refractivity contribution is -0.126. The number of carbonyl (C=O) groups is 2.